The summed E-state index contributed by atoms with van der Waals surface area (Å²) in [5, 5.41) is 17.1. The van der Waals surface area contributed by atoms with Crippen LogP contribution in [-0.4, -0.2) is 94.0 Å². The molecule has 1 amide bonds. The lowest BCUT2D eigenvalue weighted by Crippen LogP contribution is -2.31. The van der Waals surface area contributed by atoms with Crippen LogP contribution in [0.4, 0.5) is 0 Å². The van der Waals surface area contributed by atoms with Crippen molar-refractivity contribution in [1.82, 2.24) is 25.5 Å². The first-order chi connectivity index (χ1) is 34.8. The number of methoxy groups -OCH3 is 6. The SMILES string of the molecule is CCc1nnc(-c2ccc(C(OC)C(=O)N(C)OC)cc2)o1.CCc1nnc(-c2ccc(C(OC)C(=O)c3ccc(-c4cc(OC)c(Br)c(OC)c4)o3)cc2)o1.COc1cc(-c2ccco2)cc(OC)c1Br. The molecule has 72 heavy (non-hydrogen) atoms. The fraction of sp³-hybridized carbons (Fsp3) is 0.269. The molecule has 0 saturated heterocycles. The van der Waals surface area contributed by atoms with E-state index in [1.807, 2.05) is 62.4 Å². The van der Waals surface area contributed by atoms with Crippen LogP contribution in [0.1, 0.15) is 59.5 Å². The minimum absolute atomic E-state index is 0.177. The number of amides is 1. The van der Waals surface area contributed by atoms with Crippen molar-refractivity contribution in [3.63, 3.8) is 0 Å². The number of hydroxylamine groups is 2. The van der Waals surface area contributed by atoms with E-state index in [0.717, 1.165) is 37.5 Å². The first-order valence-corrected chi connectivity index (χ1v) is 23.7. The van der Waals surface area contributed by atoms with Crippen LogP contribution < -0.4 is 18.9 Å². The first kappa shape index (κ1) is 54.2. The maximum atomic E-state index is 13.2. The van der Waals surface area contributed by atoms with Gasteiger partial charge < -0.3 is 46.1 Å². The molecule has 4 heterocycles. The molecule has 2 atom stereocenters. The van der Waals surface area contributed by atoms with Crippen LogP contribution in [0.2, 0.25) is 0 Å². The highest BCUT2D eigenvalue weighted by atomic mass is 79.9. The molecule has 0 aliphatic rings. The van der Waals surface area contributed by atoms with Gasteiger partial charge in [0.2, 0.25) is 29.3 Å². The van der Waals surface area contributed by atoms with Crippen LogP contribution >= 0.6 is 31.9 Å². The summed E-state index contributed by atoms with van der Waals surface area (Å²) in [6.45, 7) is 3.89. The summed E-state index contributed by atoms with van der Waals surface area (Å²) in [5.74, 6) is 5.51. The zero-order valence-corrected chi connectivity index (χ0v) is 44.4. The van der Waals surface area contributed by atoms with Crippen molar-refractivity contribution in [1.29, 1.82) is 0 Å². The van der Waals surface area contributed by atoms with Gasteiger partial charge in [-0.25, -0.2) is 5.06 Å². The quantitative estimate of drug-likeness (QED) is 0.0578. The summed E-state index contributed by atoms with van der Waals surface area (Å²) in [6, 6.07) is 28.9. The highest BCUT2D eigenvalue weighted by Gasteiger charge is 2.27. The van der Waals surface area contributed by atoms with Gasteiger partial charge in [0.15, 0.2) is 11.9 Å². The molecule has 2 unspecified atom stereocenters. The molecule has 0 N–H and O–H groups in total. The predicted molar refractivity (Wildman–Crippen MR) is 272 cm³/mol. The lowest BCUT2D eigenvalue weighted by atomic mass is 10.0. The molecule has 20 heteroatoms. The van der Waals surface area contributed by atoms with Gasteiger partial charge in [-0.15, -0.1) is 20.4 Å². The summed E-state index contributed by atoms with van der Waals surface area (Å²) in [7, 11) is 12.3. The van der Waals surface area contributed by atoms with Crippen LogP contribution in [-0.2, 0) is 31.9 Å². The van der Waals surface area contributed by atoms with Crippen molar-refractivity contribution in [3.05, 3.63) is 141 Å². The smallest absolute Gasteiger partial charge is 0.279 e. The Morgan fingerprint density at radius 3 is 1.38 bits per heavy atom. The van der Waals surface area contributed by atoms with E-state index in [1.165, 1.54) is 28.4 Å². The number of ketones is 1. The Kier molecular flexibility index (Phi) is 19.5. The number of nitrogens with zero attached hydrogens (tertiary/aromatic N) is 5. The molecule has 0 bridgehead atoms. The Morgan fingerprint density at radius 1 is 0.556 bits per heavy atom. The molecule has 8 aromatic rings. The maximum absolute atomic E-state index is 13.2. The molecule has 0 radical (unpaired) electrons. The van der Waals surface area contributed by atoms with Crippen molar-refractivity contribution in [2.24, 2.45) is 0 Å². The molecule has 18 nitrogen and oxygen atoms in total. The van der Waals surface area contributed by atoms with Crippen molar-refractivity contribution < 1.29 is 60.5 Å². The molecule has 8 rings (SSSR count). The summed E-state index contributed by atoms with van der Waals surface area (Å²) in [5.41, 5.74) is 4.57. The highest BCUT2D eigenvalue weighted by molar-refractivity contribution is 9.11. The molecular formula is C52H53Br2N5O13. The molecule has 0 aliphatic heterocycles. The number of furan rings is 2. The zero-order valence-electron chi connectivity index (χ0n) is 41.2. The monoisotopic (exact) mass is 1110 g/mol. The predicted octanol–water partition coefficient (Wildman–Crippen LogP) is 11.6. The number of halogens is 2. The summed E-state index contributed by atoms with van der Waals surface area (Å²) in [4.78, 5) is 30.2. The highest BCUT2D eigenvalue weighted by Crippen LogP contribution is 2.41. The lowest BCUT2D eigenvalue weighted by Gasteiger charge is -2.20. The number of hydrogen-bond acceptors (Lipinski definition) is 17. The molecule has 0 saturated carbocycles. The second-order valence-corrected chi connectivity index (χ2v) is 16.7. The molecule has 0 spiro atoms. The summed E-state index contributed by atoms with van der Waals surface area (Å²) < 4.78 is 55.9. The van der Waals surface area contributed by atoms with E-state index < -0.39 is 12.2 Å². The van der Waals surface area contributed by atoms with Gasteiger partial charge in [-0.05, 0) is 116 Å². The normalized spacial score (nSPS) is 11.6. The van der Waals surface area contributed by atoms with Gasteiger partial charge in [-0.2, -0.15) is 0 Å². The van der Waals surface area contributed by atoms with Crippen molar-refractivity contribution in [2.45, 2.75) is 38.9 Å². The number of aryl methyl sites for hydroxylation is 2. The number of likely N-dealkylation sites (N-methyl/N-ethyl adjacent to an activating group) is 1. The van der Waals surface area contributed by atoms with E-state index in [2.05, 4.69) is 52.3 Å². The van der Waals surface area contributed by atoms with Gasteiger partial charge in [0, 0.05) is 56.4 Å². The second-order valence-electron chi connectivity index (χ2n) is 15.1. The van der Waals surface area contributed by atoms with Crippen LogP contribution in [0.15, 0.2) is 130 Å². The van der Waals surface area contributed by atoms with E-state index in [4.69, 9.17) is 50.9 Å². The maximum Gasteiger partial charge on any atom is 0.279 e. The number of benzene rings is 4. The van der Waals surface area contributed by atoms with Gasteiger partial charge in [0.25, 0.3) is 5.91 Å². The number of carbonyl (C=O) groups excluding carboxylic acids is 2. The molecule has 0 fully saturated rings. The average molecular weight is 1120 g/mol. The van der Waals surface area contributed by atoms with Gasteiger partial charge in [-0.3, -0.25) is 14.4 Å². The molecule has 4 aromatic heterocycles. The van der Waals surface area contributed by atoms with Crippen LogP contribution in [0, 0.1) is 0 Å². The Balaban J connectivity index is 0.000000191. The summed E-state index contributed by atoms with van der Waals surface area (Å²) in [6.07, 6.45) is 1.42. The van der Waals surface area contributed by atoms with Gasteiger partial charge >= 0.3 is 0 Å². The Labute approximate surface area is 432 Å². The van der Waals surface area contributed by atoms with E-state index in [-0.39, 0.29) is 17.5 Å². The molecule has 0 aliphatic carbocycles. The third-order valence-electron chi connectivity index (χ3n) is 10.8. The molecular weight excluding hydrogens is 1060 g/mol. The summed E-state index contributed by atoms with van der Waals surface area (Å²) >= 11 is 6.87. The van der Waals surface area contributed by atoms with Crippen LogP contribution in [0.3, 0.4) is 0 Å². The number of aromatic nitrogens is 4. The van der Waals surface area contributed by atoms with E-state index >= 15 is 0 Å². The number of rotatable bonds is 18. The Bertz CT molecular complexity index is 2960. The van der Waals surface area contributed by atoms with E-state index in [1.54, 1.807) is 83.2 Å². The largest absolute Gasteiger partial charge is 0.495 e. The van der Waals surface area contributed by atoms with Gasteiger partial charge in [-0.1, -0.05) is 38.1 Å². The number of ether oxygens (including phenoxy) is 6. The third kappa shape index (κ3) is 12.9. The molecule has 378 valence electrons. The van der Waals surface area contributed by atoms with Crippen molar-refractivity contribution in [3.8, 4) is 68.6 Å². The average Bonchev–Trinajstić information content (AvgIpc) is 4.29. The number of carbonyl (C=O) groups is 2. The standard InChI is InChI=1S/C25H23BrN2O6.C15H19N3O4.C12H11BrO3/c1-5-21-27-28-25(34-21)15-8-6-14(7-9-15)24(32-4)23(29)18-11-10-17(33-18)16-12-19(30-2)22(26)20(13-16)31-3;1-5-12-16-17-14(22-12)11-8-6-10(7-9-11)13(20-3)15(19)18(2)21-4;1-14-10-6-8(9-4-3-5-16-9)7-11(15-2)12(10)13/h6-13,24H,5H2,1-4H3;6-9,13H,5H2,1-4H3;3-7H,1-2H3. The Morgan fingerprint density at radius 2 is 1.00 bits per heavy atom. The fourth-order valence-electron chi connectivity index (χ4n) is 6.88. The van der Waals surface area contributed by atoms with Crippen LogP contribution in [0.25, 0.3) is 45.6 Å². The van der Waals surface area contributed by atoms with Crippen LogP contribution in [0.5, 0.6) is 23.0 Å². The minimum atomic E-state index is -0.837. The topological polar surface area (TPSA) is 206 Å². The number of hydrogen-bond donors (Lipinski definition) is 0. The van der Waals surface area contributed by atoms with E-state index in [0.29, 0.717) is 80.8 Å². The third-order valence-corrected chi connectivity index (χ3v) is 12.4. The zero-order chi connectivity index (χ0) is 51.9. The lowest BCUT2D eigenvalue weighted by molar-refractivity contribution is -0.179. The first-order valence-electron chi connectivity index (χ1n) is 22.1. The minimum Gasteiger partial charge on any atom is -0.495 e. The Hall–Kier alpha value is -7.10. The second kappa shape index (κ2) is 25.8. The number of Topliss-reactive ketones (excluding diaryl/α,β-unsaturated/α-hetero) is 1. The van der Waals surface area contributed by atoms with Crippen molar-refractivity contribution >= 4 is 43.6 Å². The van der Waals surface area contributed by atoms with E-state index in [9.17, 15) is 9.59 Å². The fourth-order valence-corrected chi connectivity index (χ4v) is 7.98. The van der Waals surface area contributed by atoms with Gasteiger partial charge in [0.05, 0.1) is 41.8 Å². The van der Waals surface area contributed by atoms with Crippen molar-refractivity contribution in [2.75, 3.05) is 56.8 Å². The van der Waals surface area contributed by atoms with Gasteiger partial charge in [0.1, 0.15) is 49.6 Å². The molecule has 4 aromatic carbocycles.